The third-order valence-corrected chi connectivity index (χ3v) is 3.74. The topological polar surface area (TPSA) is 38.0 Å². The van der Waals surface area contributed by atoms with Crippen molar-refractivity contribution in [3.05, 3.63) is 22.2 Å². The molecule has 2 rings (SSSR count). The fraction of sp³-hybridized carbons (Fsp3) is 0.500. The second-order valence-corrected chi connectivity index (χ2v) is 5.19. The van der Waals surface area contributed by atoms with Gasteiger partial charge in [-0.3, -0.25) is 0 Å². The zero-order chi connectivity index (χ0) is 11.5. The van der Waals surface area contributed by atoms with Crippen molar-refractivity contribution >= 4 is 34.6 Å². The molecule has 4 heteroatoms. The quantitative estimate of drug-likeness (QED) is 0.796. The molecule has 0 aromatic heterocycles. The maximum atomic E-state index is 6.07. The monoisotopic (exact) mass is 258 g/mol. The summed E-state index contributed by atoms with van der Waals surface area (Å²) in [6.07, 6.45) is 5.31. The number of nitrogen functional groups attached to an aromatic ring is 1. The minimum absolute atomic E-state index is 0.596. The van der Waals surface area contributed by atoms with Gasteiger partial charge >= 0.3 is 0 Å². The van der Waals surface area contributed by atoms with Crippen molar-refractivity contribution in [1.29, 1.82) is 0 Å². The summed E-state index contributed by atoms with van der Waals surface area (Å²) in [5.41, 5.74) is 7.04. The van der Waals surface area contributed by atoms with Crippen LogP contribution in [-0.4, -0.2) is 6.54 Å². The molecule has 0 aliphatic heterocycles. The lowest BCUT2D eigenvalue weighted by Gasteiger charge is -2.25. The number of halogens is 2. The van der Waals surface area contributed by atoms with Gasteiger partial charge in [-0.15, -0.1) is 0 Å². The predicted molar refractivity (Wildman–Crippen MR) is 71.3 cm³/mol. The zero-order valence-corrected chi connectivity index (χ0v) is 10.6. The van der Waals surface area contributed by atoms with E-state index in [-0.39, 0.29) is 0 Å². The number of nitrogens with one attached hydrogen (secondary N) is 1. The van der Waals surface area contributed by atoms with E-state index in [0.29, 0.717) is 15.7 Å². The van der Waals surface area contributed by atoms with Gasteiger partial charge in [-0.25, -0.2) is 0 Å². The van der Waals surface area contributed by atoms with Crippen molar-refractivity contribution in [2.75, 3.05) is 17.6 Å². The molecule has 0 heterocycles. The number of hydrogen-bond acceptors (Lipinski definition) is 2. The highest BCUT2D eigenvalue weighted by Crippen LogP contribution is 2.34. The van der Waals surface area contributed by atoms with Crippen LogP contribution in [0, 0.1) is 5.92 Å². The van der Waals surface area contributed by atoms with Gasteiger partial charge in [0, 0.05) is 12.2 Å². The predicted octanol–water partition coefficient (Wildman–Crippen LogP) is 4.18. The Bertz CT molecular complexity index is 352. The van der Waals surface area contributed by atoms with Crippen molar-refractivity contribution in [2.45, 2.75) is 25.7 Å². The molecule has 0 radical (unpaired) electrons. The number of benzene rings is 1. The van der Waals surface area contributed by atoms with E-state index in [1.165, 1.54) is 25.7 Å². The molecule has 1 saturated carbocycles. The van der Waals surface area contributed by atoms with E-state index in [1.807, 2.05) is 0 Å². The van der Waals surface area contributed by atoms with Gasteiger partial charge in [0.2, 0.25) is 0 Å². The van der Waals surface area contributed by atoms with Crippen LogP contribution in [0.1, 0.15) is 25.7 Å². The van der Waals surface area contributed by atoms with E-state index in [0.717, 1.165) is 18.2 Å². The average molecular weight is 259 g/mol. The lowest BCUT2D eigenvalue weighted by atomic mass is 9.83. The first kappa shape index (κ1) is 11.9. The van der Waals surface area contributed by atoms with Crippen LogP contribution in [-0.2, 0) is 0 Å². The van der Waals surface area contributed by atoms with Gasteiger partial charge < -0.3 is 11.1 Å². The minimum atomic E-state index is 0.596. The molecule has 1 aliphatic carbocycles. The van der Waals surface area contributed by atoms with E-state index in [4.69, 9.17) is 28.9 Å². The van der Waals surface area contributed by atoms with Gasteiger partial charge in [0.1, 0.15) is 0 Å². The zero-order valence-electron chi connectivity index (χ0n) is 9.10. The summed E-state index contributed by atoms with van der Waals surface area (Å²) in [6.45, 7) is 0.925. The number of anilines is 2. The van der Waals surface area contributed by atoms with E-state index >= 15 is 0 Å². The molecule has 1 aromatic rings. The molecule has 1 aromatic carbocycles. The first-order chi connectivity index (χ1) is 7.66. The highest BCUT2D eigenvalue weighted by molar-refractivity contribution is 6.39. The largest absolute Gasteiger partial charge is 0.399 e. The van der Waals surface area contributed by atoms with Crippen LogP contribution in [0.5, 0.6) is 0 Å². The molecule has 0 unspecified atom stereocenters. The number of rotatable bonds is 4. The second-order valence-electron chi connectivity index (χ2n) is 4.37. The molecule has 0 saturated heterocycles. The molecule has 1 fully saturated rings. The second kappa shape index (κ2) is 5.15. The number of hydrogen-bond donors (Lipinski definition) is 2. The molecule has 0 atom stereocenters. The Kier molecular flexibility index (Phi) is 3.82. The van der Waals surface area contributed by atoms with Crippen molar-refractivity contribution in [3.63, 3.8) is 0 Å². The van der Waals surface area contributed by atoms with Gasteiger partial charge in [0.05, 0.1) is 15.7 Å². The van der Waals surface area contributed by atoms with E-state index in [1.54, 1.807) is 12.1 Å². The summed E-state index contributed by atoms with van der Waals surface area (Å²) in [5, 5.41) is 4.48. The van der Waals surface area contributed by atoms with Gasteiger partial charge in [-0.05, 0) is 24.5 Å². The summed E-state index contributed by atoms with van der Waals surface area (Å²) in [5.74, 6) is 0.888. The molecule has 2 nitrogen and oxygen atoms in total. The molecule has 0 amide bonds. The minimum Gasteiger partial charge on any atom is -0.399 e. The van der Waals surface area contributed by atoms with Crippen LogP contribution < -0.4 is 11.1 Å². The molecule has 16 heavy (non-hydrogen) atoms. The summed E-state index contributed by atoms with van der Waals surface area (Å²) in [4.78, 5) is 0. The summed E-state index contributed by atoms with van der Waals surface area (Å²) >= 11 is 12.1. The van der Waals surface area contributed by atoms with Crippen LogP contribution in [0.4, 0.5) is 11.4 Å². The smallest absolute Gasteiger partial charge is 0.0720 e. The van der Waals surface area contributed by atoms with Crippen LogP contribution in [0.2, 0.25) is 10.0 Å². The van der Waals surface area contributed by atoms with Gasteiger partial charge in [0.15, 0.2) is 0 Å². The van der Waals surface area contributed by atoms with Crippen LogP contribution in [0.15, 0.2) is 12.1 Å². The SMILES string of the molecule is Nc1cc(Cl)c(NCCC2CCC2)c(Cl)c1. The normalized spacial score (nSPS) is 15.9. The molecule has 1 aliphatic rings. The molecule has 0 bridgehead atoms. The van der Waals surface area contributed by atoms with E-state index in [9.17, 15) is 0 Å². The molecular weight excluding hydrogens is 243 g/mol. The van der Waals surface area contributed by atoms with Gasteiger partial charge in [-0.2, -0.15) is 0 Å². The highest BCUT2D eigenvalue weighted by atomic mass is 35.5. The Morgan fingerprint density at radius 2 is 1.88 bits per heavy atom. The van der Waals surface area contributed by atoms with Gasteiger partial charge in [-0.1, -0.05) is 42.5 Å². The maximum absolute atomic E-state index is 6.07. The molecule has 3 N–H and O–H groups in total. The lowest BCUT2D eigenvalue weighted by Crippen LogP contribution is -2.15. The van der Waals surface area contributed by atoms with Crippen LogP contribution in [0.3, 0.4) is 0 Å². The molecule has 88 valence electrons. The fourth-order valence-electron chi connectivity index (χ4n) is 1.94. The van der Waals surface area contributed by atoms with Crippen LogP contribution in [0.25, 0.3) is 0 Å². The Hall–Kier alpha value is -0.600. The van der Waals surface area contributed by atoms with Crippen LogP contribution >= 0.6 is 23.2 Å². The summed E-state index contributed by atoms with van der Waals surface area (Å²) in [6, 6.07) is 3.44. The Morgan fingerprint density at radius 3 is 2.38 bits per heavy atom. The summed E-state index contributed by atoms with van der Waals surface area (Å²) < 4.78 is 0. The lowest BCUT2D eigenvalue weighted by molar-refractivity contribution is 0.303. The fourth-order valence-corrected chi connectivity index (χ4v) is 2.58. The average Bonchev–Trinajstić information content (AvgIpc) is 2.12. The first-order valence-electron chi connectivity index (χ1n) is 5.65. The third-order valence-electron chi connectivity index (χ3n) is 3.14. The standard InChI is InChI=1S/C12H16Cl2N2/c13-10-6-9(15)7-11(14)12(10)16-5-4-8-2-1-3-8/h6-8,16H,1-5,15H2. The van der Waals surface area contributed by atoms with Crippen molar-refractivity contribution in [1.82, 2.24) is 0 Å². The molecular formula is C12H16Cl2N2. The van der Waals surface area contributed by atoms with E-state index < -0.39 is 0 Å². The third kappa shape index (κ3) is 2.74. The van der Waals surface area contributed by atoms with Crippen molar-refractivity contribution in [3.8, 4) is 0 Å². The first-order valence-corrected chi connectivity index (χ1v) is 6.41. The summed E-state index contributed by atoms with van der Waals surface area (Å²) in [7, 11) is 0. The van der Waals surface area contributed by atoms with Crippen molar-refractivity contribution < 1.29 is 0 Å². The van der Waals surface area contributed by atoms with Gasteiger partial charge in [0.25, 0.3) is 0 Å². The number of nitrogens with two attached hydrogens (primary N) is 1. The maximum Gasteiger partial charge on any atom is 0.0720 e. The Morgan fingerprint density at radius 1 is 1.25 bits per heavy atom. The van der Waals surface area contributed by atoms with E-state index in [2.05, 4.69) is 5.32 Å². The Labute approximate surface area is 106 Å². The molecule has 0 spiro atoms. The highest BCUT2D eigenvalue weighted by Gasteiger charge is 2.16. The van der Waals surface area contributed by atoms with Crippen molar-refractivity contribution in [2.24, 2.45) is 5.92 Å². The Balaban J connectivity index is 1.92.